The Balaban J connectivity index is 0.00000361. The van der Waals surface area contributed by atoms with Crippen LogP contribution in [0, 0.1) is 31.6 Å². The van der Waals surface area contributed by atoms with E-state index in [-0.39, 0.29) is 35.4 Å². The predicted molar refractivity (Wildman–Crippen MR) is 98.7 cm³/mol. The van der Waals surface area contributed by atoms with E-state index in [1.54, 1.807) is 0 Å². The normalized spacial score (nSPS) is 13.1. The van der Waals surface area contributed by atoms with E-state index in [1.165, 1.54) is 11.1 Å². The summed E-state index contributed by atoms with van der Waals surface area (Å²) in [7, 11) is 0. The lowest BCUT2D eigenvalue weighted by atomic mass is 9.88. The van der Waals surface area contributed by atoms with Crippen molar-refractivity contribution in [2.45, 2.75) is 40.7 Å². The summed E-state index contributed by atoms with van der Waals surface area (Å²) in [6.45, 7) is 10.3. The molecule has 1 unspecified atom stereocenters. The van der Waals surface area contributed by atoms with Gasteiger partial charge in [-0.3, -0.25) is 0 Å². The Morgan fingerprint density at radius 2 is 1.90 bits per heavy atom. The third-order valence-corrected chi connectivity index (χ3v) is 3.03. The van der Waals surface area contributed by atoms with Crippen molar-refractivity contribution in [2.24, 2.45) is 16.1 Å². The van der Waals surface area contributed by atoms with Gasteiger partial charge in [0.25, 0.3) is 0 Å². The summed E-state index contributed by atoms with van der Waals surface area (Å²) in [5.74, 6) is 3.02. The molecule has 0 spiro atoms. The average Bonchev–Trinajstić information content (AvgIpc) is 2.29. The zero-order valence-electron chi connectivity index (χ0n) is 12.8. The molecule has 1 aromatic carbocycles. The van der Waals surface area contributed by atoms with E-state index in [2.05, 4.69) is 30.1 Å². The number of aryl methyl sites for hydroxylation is 2. The maximum Gasteiger partial charge on any atom is 0.194 e. The van der Waals surface area contributed by atoms with Gasteiger partial charge in [0, 0.05) is 5.69 Å². The zero-order valence-corrected chi connectivity index (χ0v) is 15.1. The van der Waals surface area contributed by atoms with E-state index in [0.717, 1.165) is 5.69 Å². The van der Waals surface area contributed by atoms with Gasteiger partial charge < -0.3 is 11.1 Å². The molecule has 0 fully saturated rings. The summed E-state index contributed by atoms with van der Waals surface area (Å²) in [5.41, 5.74) is 9.19. The second-order valence-electron chi connectivity index (χ2n) is 5.87. The minimum Gasteiger partial charge on any atom is -0.370 e. The van der Waals surface area contributed by atoms with Crippen molar-refractivity contribution >= 4 is 35.6 Å². The number of guanidine groups is 1. The van der Waals surface area contributed by atoms with Gasteiger partial charge in [0.15, 0.2) is 5.96 Å². The maximum absolute atomic E-state index is 5.91. The second kappa shape index (κ2) is 7.53. The Hall–Kier alpha value is -1.22. The highest BCUT2D eigenvalue weighted by Gasteiger charge is 2.22. The van der Waals surface area contributed by atoms with Crippen LogP contribution >= 0.6 is 24.0 Å². The Kier molecular flexibility index (Phi) is 7.07. The molecule has 0 radical (unpaired) electrons. The summed E-state index contributed by atoms with van der Waals surface area (Å²) < 4.78 is 0. The molecule has 3 N–H and O–H groups in total. The first kappa shape index (κ1) is 18.8. The molecule has 0 aliphatic rings. The molecule has 0 bridgehead atoms. The van der Waals surface area contributed by atoms with Crippen LogP contribution in [0.5, 0.6) is 0 Å². The number of aliphatic imine (C=N–C) groups is 1. The number of rotatable bonds is 2. The van der Waals surface area contributed by atoms with E-state index >= 15 is 0 Å². The quantitative estimate of drug-likeness (QED) is 0.353. The number of halogens is 1. The molecule has 110 valence electrons. The van der Waals surface area contributed by atoms with Crippen molar-refractivity contribution in [3.05, 3.63) is 29.3 Å². The number of benzene rings is 1. The fraction of sp³-hybridized carbons (Fsp3) is 0.438. The van der Waals surface area contributed by atoms with E-state index in [4.69, 9.17) is 12.2 Å². The molecule has 1 aromatic rings. The molecule has 1 atom stereocenters. The van der Waals surface area contributed by atoms with Crippen LogP contribution in [0.2, 0.25) is 0 Å². The fourth-order valence-electron chi connectivity index (χ4n) is 1.62. The van der Waals surface area contributed by atoms with Crippen LogP contribution in [-0.2, 0) is 0 Å². The van der Waals surface area contributed by atoms with Crippen LogP contribution in [0.15, 0.2) is 23.2 Å². The molecular weight excluding hydrogens is 361 g/mol. The molecule has 20 heavy (non-hydrogen) atoms. The van der Waals surface area contributed by atoms with Gasteiger partial charge in [-0.25, -0.2) is 4.99 Å². The Morgan fingerprint density at radius 1 is 1.30 bits per heavy atom. The minimum atomic E-state index is -0.244. The number of hydrogen-bond donors (Lipinski definition) is 2. The lowest BCUT2D eigenvalue weighted by Gasteiger charge is -2.23. The van der Waals surface area contributed by atoms with Crippen molar-refractivity contribution in [1.82, 2.24) is 0 Å². The van der Waals surface area contributed by atoms with Gasteiger partial charge in [0.2, 0.25) is 0 Å². The van der Waals surface area contributed by atoms with Crippen LogP contribution in [-0.4, -0.2) is 12.0 Å². The van der Waals surface area contributed by atoms with Crippen molar-refractivity contribution in [1.29, 1.82) is 0 Å². The molecule has 0 aliphatic carbocycles. The number of nitrogens with two attached hydrogens (primary N) is 1. The third-order valence-electron chi connectivity index (χ3n) is 3.03. The van der Waals surface area contributed by atoms with E-state index in [1.807, 2.05) is 39.0 Å². The molecule has 0 amide bonds. The van der Waals surface area contributed by atoms with Crippen molar-refractivity contribution in [2.75, 3.05) is 5.32 Å². The molecule has 1 rings (SSSR count). The van der Waals surface area contributed by atoms with Gasteiger partial charge in [-0.2, -0.15) is 0 Å². The first-order valence-corrected chi connectivity index (χ1v) is 6.37. The molecule has 3 nitrogen and oxygen atoms in total. The number of anilines is 1. The molecule has 0 saturated heterocycles. The predicted octanol–water partition coefficient (Wildman–Crippen LogP) is 3.70. The van der Waals surface area contributed by atoms with Crippen LogP contribution in [0.3, 0.4) is 0 Å². The SMILES string of the molecule is C#CC(N=C(N)Nc1ccc(C)c(C)c1)C(C)(C)C.I. The number of nitrogens with one attached hydrogen (secondary N) is 1. The zero-order chi connectivity index (χ0) is 14.6. The van der Waals surface area contributed by atoms with Gasteiger partial charge in [-0.1, -0.05) is 32.8 Å². The summed E-state index contributed by atoms with van der Waals surface area (Å²) in [5, 5.41) is 3.08. The number of terminal acetylenes is 1. The van der Waals surface area contributed by atoms with Crippen molar-refractivity contribution in [3.63, 3.8) is 0 Å². The van der Waals surface area contributed by atoms with Crippen LogP contribution in [0.1, 0.15) is 31.9 Å². The summed E-state index contributed by atoms with van der Waals surface area (Å²) >= 11 is 0. The molecule has 4 heteroatoms. The van der Waals surface area contributed by atoms with E-state index in [0.29, 0.717) is 5.96 Å². The standard InChI is InChI=1S/C16H23N3.HI/c1-7-14(16(4,5)6)19-15(17)18-13-9-8-11(2)12(3)10-13;/h1,8-10,14H,2-6H3,(H3,17,18,19);1H. The lowest BCUT2D eigenvalue weighted by molar-refractivity contribution is 0.376. The average molecular weight is 385 g/mol. The van der Waals surface area contributed by atoms with Crippen LogP contribution in [0.25, 0.3) is 0 Å². The Labute approximate surface area is 139 Å². The summed E-state index contributed by atoms with van der Waals surface area (Å²) in [6, 6.07) is 5.83. The molecule has 0 heterocycles. The molecular formula is C16H24IN3. The Bertz CT molecular complexity index is 522. The number of nitrogens with zero attached hydrogens (tertiary/aromatic N) is 1. The summed E-state index contributed by atoms with van der Waals surface area (Å²) in [6.07, 6.45) is 5.50. The van der Waals surface area contributed by atoms with Gasteiger partial charge in [0.05, 0.1) is 0 Å². The highest BCUT2D eigenvalue weighted by Crippen LogP contribution is 2.21. The van der Waals surface area contributed by atoms with Crippen LogP contribution < -0.4 is 11.1 Å². The smallest absolute Gasteiger partial charge is 0.194 e. The van der Waals surface area contributed by atoms with E-state index in [9.17, 15) is 0 Å². The second-order valence-corrected chi connectivity index (χ2v) is 5.87. The van der Waals surface area contributed by atoms with Crippen molar-refractivity contribution in [3.8, 4) is 12.3 Å². The first-order valence-electron chi connectivity index (χ1n) is 6.37. The number of hydrogen-bond acceptors (Lipinski definition) is 1. The van der Waals surface area contributed by atoms with E-state index < -0.39 is 0 Å². The van der Waals surface area contributed by atoms with Crippen molar-refractivity contribution < 1.29 is 0 Å². The highest BCUT2D eigenvalue weighted by atomic mass is 127. The summed E-state index contributed by atoms with van der Waals surface area (Å²) in [4.78, 5) is 4.36. The highest BCUT2D eigenvalue weighted by molar-refractivity contribution is 14.0. The van der Waals surface area contributed by atoms with Gasteiger partial charge >= 0.3 is 0 Å². The van der Waals surface area contributed by atoms with Gasteiger partial charge in [-0.05, 0) is 42.5 Å². The lowest BCUT2D eigenvalue weighted by Crippen LogP contribution is -2.30. The third kappa shape index (κ3) is 5.41. The molecule has 0 aromatic heterocycles. The maximum atomic E-state index is 5.91. The minimum absolute atomic E-state index is 0. The Morgan fingerprint density at radius 3 is 2.35 bits per heavy atom. The van der Waals surface area contributed by atoms with Gasteiger partial charge in [-0.15, -0.1) is 30.4 Å². The van der Waals surface area contributed by atoms with Crippen LogP contribution in [0.4, 0.5) is 5.69 Å². The fourth-order valence-corrected chi connectivity index (χ4v) is 1.62. The topological polar surface area (TPSA) is 50.4 Å². The molecule has 0 saturated carbocycles. The van der Waals surface area contributed by atoms with Gasteiger partial charge in [0.1, 0.15) is 6.04 Å². The monoisotopic (exact) mass is 385 g/mol. The molecule has 0 aliphatic heterocycles. The first-order chi connectivity index (χ1) is 8.74. The largest absolute Gasteiger partial charge is 0.370 e.